The van der Waals surface area contributed by atoms with Gasteiger partial charge in [0.25, 0.3) is 0 Å². The van der Waals surface area contributed by atoms with Crippen molar-refractivity contribution in [1.29, 1.82) is 0 Å². The van der Waals surface area contributed by atoms with Gasteiger partial charge in [-0.25, -0.2) is 0 Å². The van der Waals surface area contributed by atoms with E-state index in [9.17, 15) is 4.79 Å². The Bertz CT molecular complexity index is 995. The Labute approximate surface area is 109 Å². The lowest BCUT2D eigenvalue weighted by atomic mass is 9.91. The van der Waals surface area contributed by atoms with Crippen LogP contribution in [0.15, 0.2) is 48.5 Å². The number of benzene rings is 4. The molecule has 4 aromatic rings. The van der Waals surface area contributed by atoms with Gasteiger partial charge in [-0.2, -0.15) is 0 Å². The van der Waals surface area contributed by atoms with Crippen molar-refractivity contribution in [2.75, 3.05) is 0 Å². The first-order valence-corrected chi connectivity index (χ1v) is 6.55. The summed E-state index contributed by atoms with van der Waals surface area (Å²) in [5, 5.41) is 7.43. The fourth-order valence-corrected chi connectivity index (χ4v) is 3.56. The number of hydrogen-bond acceptors (Lipinski definition) is 1. The molecule has 4 aromatic carbocycles. The minimum Gasteiger partial charge on any atom is -0.294 e. The van der Waals surface area contributed by atoms with Gasteiger partial charge in [0, 0.05) is 12.0 Å². The molecule has 0 aliphatic heterocycles. The summed E-state index contributed by atoms with van der Waals surface area (Å²) in [6.07, 6.45) is 0.557. The Hall–Kier alpha value is -2.41. The van der Waals surface area contributed by atoms with E-state index in [0.717, 1.165) is 5.56 Å². The van der Waals surface area contributed by atoms with Crippen LogP contribution in [0.4, 0.5) is 0 Å². The molecule has 88 valence electrons. The molecule has 1 heteroatoms. The fourth-order valence-electron chi connectivity index (χ4n) is 3.56. The molecule has 19 heavy (non-hydrogen) atoms. The third kappa shape index (κ3) is 1.00. The first kappa shape index (κ1) is 9.51. The van der Waals surface area contributed by atoms with E-state index in [-0.39, 0.29) is 5.78 Å². The van der Waals surface area contributed by atoms with E-state index in [2.05, 4.69) is 48.5 Å². The summed E-state index contributed by atoms with van der Waals surface area (Å²) in [6, 6.07) is 17.0. The molecule has 0 saturated heterocycles. The molecule has 0 aromatic heterocycles. The van der Waals surface area contributed by atoms with Crippen LogP contribution in [0.25, 0.3) is 32.3 Å². The molecule has 1 aliphatic rings. The molecule has 0 spiro atoms. The lowest BCUT2D eigenvalue weighted by molar-refractivity contribution is 0.1000. The third-order valence-corrected chi connectivity index (χ3v) is 4.37. The standard InChI is InChI=1S/C18H10O/c19-15-9-13-7-6-11-5-4-10-2-1-3-12-8-14(15)17(13)18(11)16(10)12/h1-8H,9H2. The van der Waals surface area contributed by atoms with Crippen molar-refractivity contribution in [1.82, 2.24) is 0 Å². The molecule has 1 nitrogen and oxygen atoms in total. The van der Waals surface area contributed by atoms with Crippen molar-refractivity contribution in [3.8, 4) is 0 Å². The summed E-state index contributed by atoms with van der Waals surface area (Å²) >= 11 is 0. The molecular formula is C18H10O. The highest BCUT2D eigenvalue weighted by atomic mass is 16.1. The van der Waals surface area contributed by atoms with Crippen molar-refractivity contribution in [2.45, 2.75) is 6.42 Å². The molecule has 0 saturated carbocycles. The number of rotatable bonds is 0. The SMILES string of the molecule is O=C1Cc2ccc3ccc4cccc5cc1c2c3c45. The van der Waals surface area contributed by atoms with Crippen molar-refractivity contribution >= 4 is 38.1 Å². The topological polar surface area (TPSA) is 17.1 Å². The van der Waals surface area contributed by atoms with E-state index < -0.39 is 0 Å². The van der Waals surface area contributed by atoms with E-state index in [4.69, 9.17) is 0 Å². The molecule has 0 atom stereocenters. The maximum atomic E-state index is 12.2. The average Bonchev–Trinajstić information content (AvgIpc) is 2.76. The monoisotopic (exact) mass is 242 g/mol. The average molecular weight is 242 g/mol. The number of Topliss-reactive ketones (excluding diaryl/α,β-unsaturated/α-hetero) is 1. The van der Waals surface area contributed by atoms with E-state index in [1.54, 1.807) is 0 Å². The molecular weight excluding hydrogens is 232 g/mol. The smallest absolute Gasteiger partial charge is 0.167 e. The van der Waals surface area contributed by atoms with E-state index in [0.29, 0.717) is 6.42 Å². The Morgan fingerprint density at radius 1 is 0.737 bits per heavy atom. The number of ketones is 1. The molecule has 0 radical (unpaired) electrons. The number of carbonyl (C=O) groups is 1. The van der Waals surface area contributed by atoms with Gasteiger partial charge in [0.05, 0.1) is 0 Å². The zero-order valence-corrected chi connectivity index (χ0v) is 10.2. The first-order valence-electron chi connectivity index (χ1n) is 6.55. The minimum absolute atomic E-state index is 0.258. The molecule has 0 amide bonds. The van der Waals surface area contributed by atoms with Crippen LogP contribution < -0.4 is 0 Å². The molecule has 0 unspecified atom stereocenters. The Morgan fingerprint density at radius 3 is 2.37 bits per heavy atom. The molecule has 5 rings (SSSR count). The minimum atomic E-state index is 0.258. The molecule has 0 fully saturated rings. The maximum absolute atomic E-state index is 12.2. The van der Waals surface area contributed by atoms with Gasteiger partial charge in [0.1, 0.15) is 0 Å². The van der Waals surface area contributed by atoms with E-state index in [1.807, 2.05) is 0 Å². The van der Waals surface area contributed by atoms with Crippen LogP contribution in [-0.4, -0.2) is 5.78 Å². The predicted molar refractivity (Wildman–Crippen MR) is 78.2 cm³/mol. The Kier molecular flexibility index (Phi) is 1.47. The molecule has 0 heterocycles. The highest BCUT2D eigenvalue weighted by molar-refractivity contribution is 6.30. The van der Waals surface area contributed by atoms with Crippen LogP contribution in [0.2, 0.25) is 0 Å². The molecule has 1 aliphatic carbocycles. The number of hydrogen-bond donors (Lipinski definition) is 0. The van der Waals surface area contributed by atoms with Gasteiger partial charge >= 0.3 is 0 Å². The summed E-state index contributed by atoms with van der Waals surface area (Å²) in [7, 11) is 0. The van der Waals surface area contributed by atoms with Crippen LogP contribution in [0.1, 0.15) is 15.9 Å². The van der Waals surface area contributed by atoms with E-state index in [1.165, 1.54) is 37.9 Å². The summed E-state index contributed by atoms with van der Waals surface area (Å²) in [5.41, 5.74) is 2.09. The fraction of sp³-hybridized carbons (Fsp3) is 0.0556. The third-order valence-electron chi connectivity index (χ3n) is 4.37. The molecule has 0 bridgehead atoms. The molecule has 0 N–H and O–H groups in total. The second kappa shape index (κ2) is 2.94. The van der Waals surface area contributed by atoms with Gasteiger partial charge in [0.2, 0.25) is 0 Å². The quantitative estimate of drug-likeness (QED) is 0.420. The van der Waals surface area contributed by atoms with Crippen LogP contribution in [0, 0.1) is 0 Å². The van der Waals surface area contributed by atoms with Gasteiger partial charge in [-0.1, -0.05) is 42.5 Å². The van der Waals surface area contributed by atoms with Gasteiger partial charge in [0.15, 0.2) is 5.78 Å². The zero-order chi connectivity index (χ0) is 12.6. The van der Waals surface area contributed by atoms with Crippen LogP contribution in [0.3, 0.4) is 0 Å². The summed E-state index contributed by atoms with van der Waals surface area (Å²) in [4.78, 5) is 12.2. The maximum Gasteiger partial charge on any atom is 0.167 e. The van der Waals surface area contributed by atoms with Crippen molar-refractivity contribution < 1.29 is 4.79 Å². The largest absolute Gasteiger partial charge is 0.294 e. The van der Waals surface area contributed by atoms with Gasteiger partial charge in [-0.15, -0.1) is 0 Å². The van der Waals surface area contributed by atoms with Gasteiger partial charge < -0.3 is 0 Å². The Morgan fingerprint density at radius 2 is 1.47 bits per heavy atom. The number of carbonyl (C=O) groups excluding carboxylic acids is 1. The van der Waals surface area contributed by atoms with Crippen LogP contribution in [-0.2, 0) is 6.42 Å². The van der Waals surface area contributed by atoms with Gasteiger partial charge in [-0.05, 0) is 43.9 Å². The van der Waals surface area contributed by atoms with Crippen molar-refractivity contribution in [2.24, 2.45) is 0 Å². The second-order valence-corrected chi connectivity index (χ2v) is 5.37. The Balaban J connectivity index is 2.26. The van der Waals surface area contributed by atoms with Crippen LogP contribution >= 0.6 is 0 Å². The predicted octanol–water partition coefficient (Wildman–Crippen LogP) is 4.32. The zero-order valence-electron chi connectivity index (χ0n) is 10.2. The summed E-state index contributed by atoms with van der Waals surface area (Å²) in [6.45, 7) is 0. The lowest BCUT2D eigenvalue weighted by Crippen LogP contribution is -1.94. The van der Waals surface area contributed by atoms with Gasteiger partial charge in [-0.3, -0.25) is 4.79 Å². The second-order valence-electron chi connectivity index (χ2n) is 5.37. The van der Waals surface area contributed by atoms with Crippen molar-refractivity contribution in [3.05, 3.63) is 59.7 Å². The van der Waals surface area contributed by atoms with E-state index >= 15 is 0 Å². The first-order chi connectivity index (χ1) is 9.33. The highest BCUT2D eigenvalue weighted by Gasteiger charge is 2.24. The lowest BCUT2D eigenvalue weighted by Gasteiger charge is -2.11. The normalized spacial score (nSPS) is 14.2. The van der Waals surface area contributed by atoms with Crippen molar-refractivity contribution in [3.63, 3.8) is 0 Å². The van der Waals surface area contributed by atoms with Crippen LogP contribution in [0.5, 0.6) is 0 Å². The highest BCUT2D eigenvalue weighted by Crippen LogP contribution is 2.41. The summed E-state index contributed by atoms with van der Waals surface area (Å²) < 4.78 is 0. The summed E-state index contributed by atoms with van der Waals surface area (Å²) in [5.74, 6) is 0.258.